The van der Waals surface area contributed by atoms with Gasteiger partial charge in [0.1, 0.15) is 5.82 Å². The Labute approximate surface area is 101 Å². The van der Waals surface area contributed by atoms with E-state index in [4.69, 9.17) is 11.6 Å². The van der Waals surface area contributed by atoms with Crippen LogP contribution in [0.15, 0.2) is 28.7 Å². The van der Waals surface area contributed by atoms with E-state index in [1.165, 1.54) is 31.0 Å². The fourth-order valence-corrected chi connectivity index (χ4v) is 2.93. The van der Waals surface area contributed by atoms with Gasteiger partial charge >= 0.3 is 5.97 Å². The van der Waals surface area contributed by atoms with Gasteiger partial charge in [0, 0.05) is 16.2 Å². The third-order valence-electron chi connectivity index (χ3n) is 2.25. The molecule has 0 unspecified atom stereocenters. The van der Waals surface area contributed by atoms with Crippen LogP contribution < -0.4 is 0 Å². The number of ether oxygens (including phenoxy) is 1. The zero-order valence-corrected chi connectivity index (χ0v) is 9.99. The van der Waals surface area contributed by atoms with E-state index in [2.05, 4.69) is 4.74 Å². The molecule has 1 heterocycles. The molecule has 2 rings (SSSR count). The van der Waals surface area contributed by atoms with Crippen molar-refractivity contribution in [3.8, 4) is 0 Å². The molecule has 0 bridgehead atoms. The Morgan fingerprint density at radius 1 is 1.56 bits per heavy atom. The molecule has 0 amide bonds. The van der Waals surface area contributed by atoms with Crippen molar-refractivity contribution >= 4 is 34.4 Å². The zero-order chi connectivity index (χ0) is 11.7. The second-order valence-electron chi connectivity index (χ2n) is 3.21. The smallest absolute Gasteiger partial charge is 0.336 e. The van der Waals surface area contributed by atoms with Gasteiger partial charge in [-0.05, 0) is 18.2 Å². The van der Waals surface area contributed by atoms with E-state index in [9.17, 15) is 9.18 Å². The lowest BCUT2D eigenvalue weighted by Crippen LogP contribution is -2.11. The lowest BCUT2D eigenvalue weighted by molar-refractivity contribution is -0.135. The molecule has 1 aromatic carbocycles. The van der Waals surface area contributed by atoms with Crippen LogP contribution in [0, 0.1) is 5.82 Å². The molecule has 0 N–H and O–H groups in total. The molecule has 0 spiro atoms. The summed E-state index contributed by atoms with van der Waals surface area (Å²) >= 11 is 7.50. The topological polar surface area (TPSA) is 26.3 Å². The molecular formula is C11H8ClFO2S. The molecule has 16 heavy (non-hydrogen) atoms. The first-order chi connectivity index (χ1) is 7.63. The van der Waals surface area contributed by atoms with E-state index in [1.54, 1.807) is 6.07 Å². The van der Waals surface area contributed by atoms with E-state index in [0.29, 0.717) is 16.9 Å². The molecule has 1 aliphatic rings. The maximum absolute atomic E-state index is 13.1. The Bertz CT molecular complexity index is 485. The van der Waals surface area contributed by atoms with Crippen LogP contribution in [-0.2, 0) is 9.53 Å². The summed E-state index contributed by atoms with van der Waals surface area (Å²) in [5, 5.41) is 0.278. The van der Waals surface area contributed by atoms with Crippen LogP contribution in [0.2, 0.25) is 0 Å². The number of benzene rings is 1. The Kier molecular flexibility index (Phi) is 3.21. The van der Waals surface area contributed by atoms with Gasteiger partial charge in [-0.1, -0.05) is 11.6 Å². The van der Waals surface area contributed by atoms with Gasteiger partial charge in [0.05, 0.1) is 17.7 Å². The molecular weight excluding hydrogens is 251 g/mol. The zero-order valence-electron chi connectivity index (χ0n) is 8.42. The summed E-state index contributed by atoms with van der Waals surface area (Å²) < 4.78 is 17.7. The summed E-state index contributed by atoms with van der Waals surface area (Å²) in [7, 11) is 1.30. The molecule has 0 atom stereocenters. The summed E-state index contributed by atoms with van der Waals surface area (Å²) in [5.74, 6) is -0.388. The standard InChI is InChI=1S/C11H8ClFO2S/c1-15-11(14)8-5-16-9-3-2-6(13)4-7(9)10(8)12/h2-4H,5H2,1H3. The third kappa shape index (κ3) is 1.95. The Morgan fingerprint density at radius 3 is 3.00 bits per heavy atom. The summed E-state index contributed by atoms with van der Waals surface area (Å²) in [5.41, 5.74) is 0.936. The number of carbonyl (C=O) groups excluding carboxylic acids is 1. The van der Waals surface area contributed by atoms with Crippen LogP contribution in [0.3, 0.4) is 0 Å². The molecule has 0 saturated heterocycles. The highest BCUT2D eigenvalue weighted by molar-refractivity contribution is 7.99. The Balaban J connectivity index is 2.52. The second-order valence-corrected chi connectivity index (χ2v) is 4.61. The van der Waals surface area contributed by atoms with Crippen molar-refractivity contribution in [3.63, 3.8) is 0 Å². The van der Waals surface area contributed by atoms with Crippen LogP contribution >= 0.6 is 23.4 Å². The number of thioether (sulfide) groups is 1. The number of fused-ring (bicyclic) bond motifs is 1. The lowest BCUT2D eigenvalue weighted by Gasteiger charge is -2.17. The molecule has 84 valence electrons. The van der Waals surface area contributed by atoms with E-state index in [1.807, 2.05) is 0 Å². The molecule has 5 heteroatoms. The number of methoxy groups -OCH3 is 1. The van der Waals surface area contributed by atoms with Gasteiger partial charge in [-0.3, -0.25) is 0 Å². The maximum Gasteiger partial charge on any atom is 0.336 e. The van der Waals surface area contributed by atoms with Gasteiger partial charge in [-0.15, -0.1) is 11.8 Å². The van der Waals surface area contributed by atoms with Crippen molar-refractivity contribution in [2.24, 2.45) is 0 Å². The van der Waals surface area contributed by atoms with Crippen LogP contribution in [0.25, 0.3) is 5.03 Å². The van der Waals surface area contributed by atoms with Gasteiger partial charge in [0.15, 0.2) is 0 Å². The molecule has 1 aliphatic heterocycles. The largest absolute Gasteiger partial charge is 0.466 e. The highest BCUT2D eigenvalue weighted by Crippen LogP contribution is 2.39. The minimum atomic E-state index is -0.465. The van der Waals surface area contributed by atoms with Crippen LogP contribution in [0.4, 0.5) is 4.39 Å². The van der Waals surface area contributed by atoms with Gasteiger partial charge in [0.25, 0.3) is 0 Å². The third-order valence-corrected chi connectivity index (χ3v) is 3.78. The van der Waals surface area contributed by atoms with Crippen molar-refractivity contribution in [3.05, 3.63) is 35.2 Å². The van der Waals surface area contributed by atoms with Crippen molar-refractivity contribution in [2.45, 2.75) is 4.90 Å². The maximum atomic E-state index is 13.1. The number of carbonyl (C=O) groups is 1. The fraction of sp³-hybridized carbons (Fsp3) is 0.182. The highest BCUT2D eigenvalue weighted by atomic mass is 35.5. The average Bonchev–Trinajstić information content (AvgIpc) is 2.29. The first-order valence-corrected chi connectivity index (χ1v) is 5.89. The summed E-state index contributed by atoms with van der Waals surface area (Å²) in [6, 6.07) is 4.36. The van der Waals surface area contributed by atoms with E-state index in [-0.39, 0.29) is 10.8 Å². The van der Waals surface area contributed by atoms with Crippen LogP contribution in [-0.4, -0.2) is 18.8 Å². The Hall–Kier alpha value is -1.000. The van der Waals surface area contributed by atoms with Crippen LogP contribution in [0.5, 0.6) is 0 Å². The normalized spacial score (nSPS) is 14.7. The average molecular weight is 259 g/mol. The molecule has 0 aliphatic carbocycles. The lowest BCUT2D eigenvalue weighted by atomic mass is 10.1. The van der Waals surface area contributed by atoms with E-state index in [0.717, 1.165) is 4.90 Å². The number of halogens is 2. The SMILES string of the molecule is COC(=O)C1=C(Cl)c2cc(F)ccc2SC1. The predicted octanol–water partition coefficient (Wildman–Crippen LogP) is 3.05. The van der Waals surface area contributed by atoms with Gasteiger partial charge in [0.2, 0.25) is 0 Å². The van der Waals surface area contributed by atoms with Crippen molar-refractivity contribution in [2.75, 3.05) is 12.9 Å². The number of hydrogen-bond acceptors (Lipinski definition) is 3. The van der Waals surface area contributed by atoms with E-state index >= 15 is 0 Å². The number of esters is 1. The van der Waals surface area contributed by atoms with Crippen molar-refractivity contribution in [1.82, 2.24) is 0 Å². The van der Waals surface area contributed by atoms with Crippen LogP contribution in [0.1, 0.15) is 5.56 Å². The summed E-state index contributed by atoms with van der Waals surface area (Å²) in [6.07, 6.45) is 0. The second kappa shape index (κ2) is 4.47. The van der Waals surface area contributed by atoms with E-state index < -0.39 is 5.97 Å². The molecule has 0 fully saturated rings. The molecule has 0 radical (unpaired) electrons. The predicted molar refractivity (Wildman–Crippen MR) is 61.9 cm³/mol. The highest BCUT2D eigenvalue weighted by Gasteiger charge is 2.23. The van der Waals surface area contributed by atoms with Gasteiger partial charge in [-0.25, -0.2) is 9.18 Å². The quantitative estimate of drug-likeness (QED) is 0.724. The minimum absolute atomic E-state index is 0.278. The van der Waals surface area contributed by atoms with Gasteiger partial charge < -0.3 is 4.74 Å². The van der Waals surface area contributed by atoms with Gasteiger partial charge in [-0.2, -0.15) is 0 Å². The molecule has 1 aromatic rings. The summed E-state index contributed by atoms with van der Waals surface area (Å²) in [4.78, 5) is 12.3. The molecule has 2 nitrogen and oxygen atoms in total. The van der Waals surface area contributed by atoms with Crippen molar-refractivity contribution < 1.29 is 13.9 Å². The first kappa shape index (κ1) is 11.5. The first-order valence-electron chi connectivity index (χ1n) is 4.53. The monoisotopic (exact) mass is 258 g/mol. The molecule has 0 aromatic heterocycles. The molecule has 0 saturated carbocycles. The number of rotatable bonds is 1. The van der Waals surface area contributed by atoms with Crippen molar-refractivity contribution in [1.29, 1.82) is 0 Å². The number of hydrogen-bond donors (Lipinski definition) is 0. The Morgan fingerprint density at radius 2 is 2.31 bits per heavy atom. The summed E-state index contributed by atoms with van der Waals surface area (Å²) in [6.45, 7) is 0. The fourth-order valence-electron chi connectivity index (χ4n) is 1.45. The minimum Gasteiger partial charge on any atom is -0.466 e.